The summed E-state index contributed by atoms with van der Waals surface area (Å²) in [6.07, 6.45) is 0. The first-order valence-electron chi connectivity index (χ1n) is 8.14. The molecule has 0 radical (unpaired) electrons. The molecule has 0 aliphatic carbocycles. The fourth-order valence-electron chi connectivity index (χ4n) is 2.52. The van der Waals surface area contributed by atoms with Crippen LogP contribution in [0.25, 0.3) is 0 Å². The molecule has 0 fully saturated rings. The minimum absolute atomic E-state index is 0.0981. The first-order chi connectivity index (χ1) is 12.1. The van der Waals surface area contributed by atoms with Crippen LogP contribution >= 0.6 is 0 Å². The lowest BCUT2D eigenvalue weighted by Gasteiger charge is -2.15. The molecule has 0 aliphatic rings. The van der Waals surface area contributed by atoms with Crippen LogP contribution < -0.4 is 9.46 Å². The van der Waals surface area contributed by atoms with E-state index in [1.165, 1.54) is 29.2 Å². The van der Waals surface area contributed by atoms with Crippen molar-refractivity contribution < 1.29 is 17.9 Å². The molecule has 0 aromatic heterocycles. The molecule has 26 heavy (non-hydrogen) atoms. The first kappa shape index (κ1) is 19.8. The second-order valence-electron chi connectivity index (χ2n) is 6.43. The highest BCUT2D eigenvalue weighted by molar-refractivity contribution is 7.92. The van der Waals surface area contributed by atoms with Gasteiger partial charge in [-0.05, 0) is 56.2 Å². The van der Waals surface area contributed by atoms with Gasteiger partial charge in [0.15, 0.2) is 6.61 Å². The zero-order valence-corrected chi connectivity index (χ0v) is 16.5. The summed E-state index contributed by atoms with van der Waals surface area (Å²) in [5, 5.41) is 0. The number of aryl methyl sites for hydroxylation is 3. The molecule has 0 atom stereocenters. The summed E-state index contributed by atoms with van der Waals surface area (Å²) in [5.41, 5.74) is 3.41. The van der Waals surface area contributed by atoms with E-state index in [4.69, 9.17) is 4.74 Å². The molecule has 0 aliphatic heterocycles. The molecule has 1 amide bonds. The van der Waals surface area contributed by atoms with Gasteiger partial charge in [-0.2, -0.15) is 0 Å². The summed E-state index contributed by atoms with van der Waals surface area (Å²) in [7, 11) is -0.431. The first-order valence-corrected chi connectivity index (χ1v) is 9.62. The molecule has 2 aromatic carbocycles. The van der Waals surface area contributed by atoms with Gasteiger partial charge in [-0.3, -0.25) is 9.52 Å². The van der Waals surface area contributed by atoms with E-state index in [2.05, 4.69) is 4.72 Å². The van der Waals surface area contributed by atoms with Crippen LogP contribution in [0.1, 0.15) is 16.7 Å². The second-order valence-corrected chi connectivity index (χ2v) is 8.11. The van der Waals surface area contributed by atoms with Crippen molar-refractivity contribution in [2.75, 3.05) is 25.4 Å². The average molecular weight is 376 g/mol. The van der Waals surface area contributed by atoms with Crippen molar-refractivity contribution in [2.45, 2.75) is 25.7 Å². The second kappa shape index (κ2) is 7.78. The Balaban J connectivity index is 2.16. The SMILES string of the molecule is Cc1cc(C)c(NS(=O)(=O)c2ccc(OCC(=O)N(C)C)cc2)c(C)c1. The maximum atomic E-state index is 12.6. The molecular weight excluding hydrogens is 352 g/mol. The van der Waals surface area contributed by atoms with Gasteiger partial charge in [-0.25, -0.2) is 8.42 Å². The fraction of sp³-hybridized carbons (Fsp3) is 0.316. The van der Waals surface area contributed by atoms with Crippen molar-refractivity contribution in [3.8, 4) is 5.75 Å². The molecule has 1 N–H and O–H groups in total. The van der Waals surface area contributed by atoms with Gasteiger partial charge in [0.25, 0.3) is 15.9 Å². The van der Waals surface area contributed by atoms with Crippen LogP contribution in [0.2, 0.25) is 0 Å². The van der Waals surface area contributed by atoms with Gasteiger partial charge in [-0.15, -0.1) is 0 Å². The number of carbonyl (C=O) groups is 1. The normalized spacial score (nSPS) is 11.1. The Labute approximate surface area is 154 Å². The number of carbonyl (C=O) groups excluding carboxylic acids is 1. The highest BCUT2D eigenvalue weighted by Crippen LogP contribution is 2.25. The number of amides is 1. The van der Waals surface area contributed by atoms with E-state index < -0.39 is 10.0 Å². The highest BCUT2D eigenvalue weighted by Gasteiger charge is 2.17. The van der Waals surface area contributed by atoms with Crippen LogP contribution in [0.5, 0.6) is 5.75 Å². The van der Waals surface area contributed by atoms with E-state index in [-0.39, 0.29) is 17.4 Å². The van der Waals surface area contributed by atoms with Crippen molar-refractivity contribution >= 4 is 21.6 Å². The van der Waals surface area contributed by atoms with E-state index in [1.807, 2.05) is 32.9 Å². The summed E-state index contributed by atoms with van der Waals surface area (Å²) in [4.78, 5) is 13.1. The number of hydrogen-bond acceptors (Lipinski definition) is 4. The Hall–Kier alpha value is -2.54. The Morgan fingerprint density at radius 3 is 2.08 bits per heavy atom. The largest absolute Gasteiger partial charge is 0.484 e. The fourth-order valence-corrected chi connectivity index (χ4v) is 3.73. The van der Waals surface area contributed by atoms with Gasteiger partial charge in [0.05, 0.1) is 10.6 Å². The lowest BCUT2D eigenvalue weighted by molar-refractivity contribution is -0.130. The Morgan fingerprint density at radius 2 is 1.58 bits per heavy atom. The standard InChI is InChI=1S/C19H24N2O4S/c1-13-10-14(2)19(15(3)11-13)20-26(23,24)17-8-6-16(7-9-17)25-12-18(22)21(4)5/h6-11,20H,12H2,1-5H3. The van der Waals surface area contributed by atoms with Crippen molar-refractivity contribution in [1.29, 1.82) is 0 Å². The third-order valence-corrected chi connectivity index (χ3v) is 5.27. The van der Waals surface area contributed by atoms with Crippen molar-refractivity contribution in [3.05, 3.63) is 53.1 Å². The van der Waals surface area contributed by atoms with E-state index >= 15 is 0 Å². The van der Waals surface area contributed by atoms with Crippen LogP contribution in [0.15, 0.2) is 41.3 Å². The van der Waals surface area contributed by atoms with Gasteiger partial charge in [0, 0.05) is 14.1 Å². The van der Waals surface area contributed by atoms with E-state index in [0.717, 1.165) is 16.7 Å². The minimum atomic E-state index is -3.71. The van der Waals surface area contributed by atoms with Crippen LogP contribution in [-0.4, -0.2) is 39.9 Å². The molecule has 0 saturated heterocycles. The quantitative estimate of drug-likeness (QED) is 0.841. The minimum Gasteiger partial charge on any atom is -0.484 e. The van der Waals surface area contributed by atoms with E-state index in [0.29, 0.717) is 11.4 Å². The highest BCUT2D eigenvalue weighted by atomic mass is 32.2. The third-order valence-electron chi connectivity index (χ3n) is 3.91. The predicted octanol–water partition coefficient (Wildman–Crippen LogP) is 2.88. The van der Waals surface area contributed by atoms with Crippen molar-refractivity contribution in [1.82, 2.24) is 4.90 Å². The lowest BCUT2D eigenvalue weighted by atomic mass is 10.1. The molecule has 0 spiro atoms. The van der Waals surface area contributed by atoms with Gasteiger partial charge >= 0.3 is 0 Å². The van der Waals surface area contributed by atoms with Crippen LogP contribution in [0.4, 0.5) is 5.69 Å². The van der Waals surface area contributed by atoms with Gasteiger partial charge in [-0.1, -0.05) is 17.7 Å². The lowest BCUT2D eigenvalue weighted by Crippen LogP contribution is -2.27. The van der Waals surface area contributed by atoms with Gasteiger partial charge in [0.1, 0.15) is 5.75 Å². The smallest absolute Gasteiger partial charge is 0.261 e. The Kier molecular flexibility index (Phi) is 5.92. The van der Waals surface area contributed by atoms with Gasteiger partial charge in [0.2, 0.25) is 0 Å². The average Bonchev–Trinajstić information content (AvgIpc) is 2.56. The third kappa shape index (κ3) is 4.76. The van der Waals surface area contributed by atoms with Gasteiger partial charge < -0.3 is 9.64 Å². The van der Waals surface area contributed by atoms with Crippen molar-refractivity contribution in [3.63, 3.8) is 0 Å². The maximum Gasteiger partial charge on any atom is 0.261 e. The molecule has 2 rings (SSSR count). The molecule has 140 valence electrons. The van der Waals surface area contributed by atoms with Crippen LogP contribution in [0, 0.1) is 20.8 Å². The maximum absolute atomic E-state index is 12.6. The zero-order chi connectivity index (χ0) is 19.5. The molecule has 6 nitrogen and oxygen atoms in total. The number of rotatable bonds is 6. The molecule has 0 unspecified atom stereocenters. The van der Waals surface area contributed by atoms with Crippen LogP contribution in [0.3, 0.4) is 0 Å². The molecule has 0 bridgehead atoms. The molecule has 0 heterocycles. The molecule has 2 aromatic rings. The number of anilines is 1. The number of nitrogens with one attached hydrogen (secondary N) is 1. The number of sulfonamides is 1. The number of benzene rings is 2. The van der Waals surface area contributed by atoms with Crippen molar-refractivity contribution in [2.24, 2.45) is 0 Å². The van der Waals surface area contributed by atoms with E-state index in [9.17, 15) is 13.2 Å². The summed E-state index contributed by atoms with van der Waals surface area (Å²) < 4.78 is 33.3. The van der Waals surface area contributed by atoms with Crippen LogP contribution in [-0.2, 0) is 14.8 Å². The molecule has 0 saturated carbocycles. The number of hydrogen-bond donors (Lipinski definition) is 1. The number of likely N-dealkylation sites (N-methyl/N-ethyl adjacent to an activating group) is 1. The Morgan fingerprint density at radius 1 is 1.04 bits per heavy atom. The number of nitrogens with zero attached hydrogens (tertiary/aromatic N) is 1. The topological polar surface area (TPSA) is 75.7 Å². The number of ether oxygens (including phenoxy) is 1. The zero-order valence-electron chi connectivity index (χ0n) is 15.7. The molecular formula is C19H24N2O4S. The summed E-state index contributed by atoms with van der Waals surface area (Å²) in [6.45, 7) is 5.62. The summed E-state index contributed by atoms with van der Waals surface area (Å²) in [6, 6.07) is 9.85. The summed E-state index contributed by atoms with van der Waals surface area (Å²) in [5.74, 6) is 0.260. The Bertz CT molecular complexity index is 881. The van der Waals surface area contributed by atoms with E-state index in [1.54, 1.807) is 14.1 Å². The predicted molar refractivity (Wildman–Crippen MR) is 102 cm³/mol. The summed E-state index contributed by atoms with van der Waals surface area (Å²) >= 11 is 0. The molecule has 7 heteroatoms. The monoisotopic (exact) mass is 376 g/mol.